The Morgan fingerprint density at radius 2 is 1.65 bits per heavy atom. The van der Waals surface area contributed by atoms with Crippen molar-refractivity contribution in [1.29, 1.82) is 0 Å². The lowest BCUT2D eigenvalue weighted by molar-refractivity contribution is 0.475. The lowest BCUT2D eigenvalue weighted by atomic mass is 10.1. The first-order valence-electron chi connectivity index (χ1n) is 6.67. The highest BCUT2D eigenvalue weighted by molar-refractivity contribution is 5.86. The summed E-state index contributed by atoms with van der Waals surface area (Å²) in [7, 11) is 0. The maximum absolute atomic E-state index is 14.1. The molecule has 7 nitrogen and oxygen atoms in total. The number of aromatic hydroxyl groups is 1. The predicted octanol–water partition coefficient (Wildman–Crippen LogP) is 3.18. The summed E-state index contributed by atoms with van der Waals surface area (Å²) in [5, 5.41) is 10.1. The number of anilines is 2. The first kappa shape index (κ1) is 23.6. The molecule has 3 heterocycles. The Morgan fingerprint density at radius 3 is 2.35 bits per heavy atom. The number of nitrogens with two attached hydrogens (primary N) is 2. The zero-order valence-electron chi connectivity index (χ0n) is 13.4. The summed E-state index contributed by atoms with van der Waals surface area (Å²) in [5.74, 6) is -0.939. The standard InChI is InChI=1S/C15H13FN6O.3ClH/c1-7-6-20-15(18)22-12(7)13-10(23)3-2-9(21-13)8-4-5-19-14(17)11(8)16;;;/h2-6,23H,1H3,(H2,17,19)(H2,18,20,22);3*1H. The van der Waals surface area contributed by atoms with E-state index in [4.69, 9.17) is 11.5 Å². The normalized spacial score (nSPS) is 9.46. The third kappa shape index (κ3) is 4.40. The van der Waals surface area contributed by atoms with Crippen LogP contribution in [-0.4, -0.2) is 25.0 Å². The molecule has 0 bridgehead atoms. The van der Waals surface area contributed by atoms with Crippen LogP contribution in [0.15, 0.2) is 30.6 Å². The maximum Gasteiger partial charge on any atom is 0.220 e. The van der Waals surface area contributed by atoms with Crippen molar-refractivity contribution in [1.82, 2.24) is 19.9 Å². The smallest absolute Gasteiger partial charge is 0.220 e. The summed E-state index contributed by atoms with van der Waals surface area (Å²) in [5.41, 5.74) is 12.8. The summed E-state index contributed by atoms with van der Waals surface area (Å²) in [4.78, 5) is 15.9. The van der Waals surface area contributed by atoms with Crippen molar-refractivity contribution < 1.29 is 9.50 Å². The lowest BCUT2D eigenvalue weighted by Gasteiger charge is -2.10. The fourth-order valence-electron chi connectivity index (χ4n) is 2.13. The lowest BCUT2D eigenvalue weighted by Crippen LogP contribution is -2.01. The molecule has 11 heteroatoms. The highest BCUT2D eigenvalue weighted by Gasteiger charge is 2.16. The van der Waals surface area contributed by atoms with Gasteiger partial charge in [-0.1, -0.05) is 0 Å². The van der Waals surface area contributed by atoms with Gasteiger partial charge in [0.1, 0.15) is 17.1 Å². The first-order valence-corrected chi connectivity index (χ1v) is 6.67. The van der Waals surface area contributed by atoms with Crippen LogP contribution in [0.1, 0.15) is 5.56 Å². The Morgan fingerprint density at radius 1 is 0.962 bits per heavy atom. The minimum atomic E-state index is -0.671. The van der Waals surface area contributed by atoms with E-state index < -0.39 is 5.82 Å². The van der Waals surface area contributed by atoms with E-state index in [-0.39, 0.29) is 66.0 Å². The highest BCUT2D eigenvalue weighted by Crippen LogP contribution is 2.32. The number of hydrogen-bond acceptors (Lipinski definition) is 7. The van der Waals surface area contributed by atoms with Crippen LogP contribution in [0.25, 0.3) is 22.6 Å². The Balaban J connectivity index is 0.00000208. The minimum Gasteiger partial charge on any atom is -0.506 e. The van der Waals surface area contributed by atoms with Crippen LogP contribution in [0, 0.1) is 12.7 Å². The van der Waals surface area contributed by atoms with Crippen LogP contribution in [-0.2, 0) is 0 Å². The van der Waals surface area contributed by atoms with Crippen molar-refractivity contribution in [3.05, 3.63) is 42.0 Å². The summed E-state index contributed by atoms with van der Waals surface area (Å²) in [6.45, 7) is 1.76. The average Bonchev–Trinajstić information content (AvgIpc) is 2.53. The van der Waals surface area contributed by atoms with Crippen molar-refractivity contribution in [2.24, 2.45) is 0 Å². The number of pyridine rings is 2. The zero-order chi connectivity index (χ0) is 16.6. The van der Waals surface area contributed by atoms with Crippen molar-refractivity contribution in [3.63, 3.8) is 0 Å². The van der Waals surface area contributed by atoms with Crippen LogP contribution >= 0.6 is 37.2 Å². The van der Waals surface area contributed by atoms with Crippen molar-refractivity contribution in [2.75, 3.05) is 11.5 Å². The molecule has 0 unspecified atom stereocenters. The van der Waals surface area contributed by atoms with Gasteiger partial charge in [0.2, 0.25) is 5.95 Å². The van der Waals surface area contributed by atoms with Crippen LogP contribution < -0.4 is 11.5 Å². The van der Waals surface area contributed by atoms with E-state index >= 15 is 0 Å². The largest absolute Gasteiger partial charge is 0.506 e. The topological polar surface area (TPSA) is 124 Å². The monoisotopic (exact) mass is 420 g/mol. The van der Waals surface area contributed by atoms with Gasteiger partial charge in [-0.2, -0.15) is 0 Å². The van der Waals surface area contributed by atoms with E-state index in [1.54, 1.807) is 6.92 Å². The van der Waals surface area contributed by atoms with Gasteiger partial charge in [-0.25, -0.2) is 24.3 Å². The summed E-state index contributed by atoms with van der Waals surface area (Å²) in [6.07, 6.45) is 2.91. The maximum atomic E-state index is 14.1. The van der Waals surface area contributed by atoms with Crippen LogP contribution in [0.3, 0.4) is 0 Å². The van der Waals surface area contributed by atoms with E-state index in [1.165, 1.54) is 30.6 Å². The third-order valence-corrected chi connectivity index (χ3v) is 3.28. The van der Waals surface area contributed by atoms with Crippen LogP contribution in [0.4, 0.5) is 16.2 Å². The number of nitrogens with zero attached hydrogens (tertiary/aromatic N) is 4. The molecular formula is C15H16Cl3FN6O. The molecule has 3 aromatic heterocycles. The molecule has 26 heavy (non-hydrogen) atoms. The minimum absolute atomic E-state index is 0. The fourth-order valence-corrected chi connectivity index (χ4v) is 2.13. The van der Waals surface area contributed by atoms with Gasteiger partial charge in [-0.05, 0) is 30.7 Å². The van der Waals surface area contributed by atoms with Gasteiger partial charge >= 0.3 is 0 Å². The molecule has 3 rings (SSSR count). The molecule has 0 radical (unpaired) electrons. The van der Waals surface area contributed by atoms with E-state index in [9.17, 15) is 9.50 Å². The molecule has 3 aromatic rings. The number of aromatic nitrogens is 4. The fraction of sp³-hybridized carbons (Fsp3) is 0.0667. The second-order valence-corrected chi connectivity index (χ2v) is 4.88. The Hall–Kier alpha value is -2.42. The number of aryl methyl sites for hydroxylation is 1. The van der Waals surface area contributed by atoms with Crippen molar-refractivity contribution in [3.8, 4) is 28.4 Å². The molecule has 0 saturated heterocycles. The molecule has 0 atom stereocenters. The predicted molar refractivity (Wildman–Crippen MR) is 105 cm³/mol. The average molecular weight is 422 g/mol. The molecule has 0 aliphatic heterocycles. The molecule has 0 fully saturated rings. The zero-order valence-corrected chi connectivity index (χ0v) is 15.8. The Labute approximate surface area is 167 Å². The molecule has 0 amide bonds. The van der Waals surface area contributed by atoms with E-state index in [1.807, 2.05) is 0 Å². The highest BCUT2D eigenvalue weighted by atomic mass is 35.5. The SMILES string of the molecule is Cc1cnc(N)nc1-c1nc(-c2ccnc(N)c2F)ccc1O.Cl.Cl.Cl. The second kappa shape index (κ2) is 9.33. The number of nitrogen functional groups attached to an aromatic ring is 2. The van der Waals surface area contributed by atoms with Gasteiger partial charge in [-0.15, -0.1) is 37.2 Å². The van der Waals surface area contributed by atoms with E-state index in [0.717, 1.165) is 0 Å². The molecule has 0 saturated carbocycles. The van der Waals surface area contributed by atoms with Crippen molar-refractivity contribution >= 4 is 49.0 Å². The third-order valence-electron chi connectivity index (χ3n) is 3.28. The van der Waals surface area contributed by atoms with Gasteiger partial charge in [-0.3, -0.25) is 0 Å². The van der Waals surface area contributed by atoms with E-state index in [2.05, 4.69) is 19.9 Å². The van der Waals surface area contributed by atoms with Gasteiger partial charge in [0.25, 0.3) is 0 Å². The van der Waals surface area contributed by atoms with Gasteiger partial charge in [0.05, 0.1) is 5.69 Å². The molecular weight excluding hydrogens is 406 g/mol. The van der Waals surface area contributed by atoms with Crippen molar-refractivity contribution in [2.45, 2.75) is 6.92 Å². The van der Waals surface area contributed by atoms with E-state index in [0.29, 0.717) is 17.0 Å². The quantitative estimate of drug-likeness (QED) is 0.580. The molecule has 0 aliphatic carbocycles. The van der Waals surface area contributed by atoms with Gasteiger partial charge in [0, 0.05) is 18.0 Å². The molecule has 0 aliphatic rings. The summed E-state index contributed by atoms with van der Waals surface area (Å²) >= 11 is 0. The van der Waals surface area contributed by atoms with Gasteiger partial charge in [0.15, 0.2) is 11.6 Å². The Kier molecular flexibility index (Phi) is 8.46. The number of rotatable bonds is 2. The Bertz CT molecular complexity index is 913. The van der Waals surface area contributed by atoms with Gasteiger partial charge < -0.3 is 16.6 Å². The number of hydrogen-bond donors (Lipinski definition) is 3. The molecule has 140 valence electrons. The van der Waals surface area contributed by atoms with Crippen LogP contribution in [0.5, 0.6) is 5.75 Å². The number of halogens is 4. The summed E-state index contributed by atoms with van der Waals surface area (Å²) in [6, 6.07) is 4.35. The first-order chi connectivity index (χ1) is 11.0. The molecule has 0 spiro atoms. The molecule has 5 N–H and O–H groups in total. The summed E-state index contributed by atoms with van der Waals surface area (Å²) < 4.78 is 14.1. The van der Waals surface area contributed by atoms with Crippen LogP contribution in [0.2, 0.25) is 0 Å². The molecule has 0 aromatic carbocycles. The second-order valence-electron chi connectivity index (χ2n) is 4.88.